The SMILES string of the molecule is C=CC(C)NC(=O)C(F)(F)F. The van der Waals surface area contributed by atoms with Crippen LogP contribution in [0.5, 0.6) is 0 Å². The van der Waals surface area contributed by atoms with Crippen LogP contribution in [0.25, 0.3) is 0 Å². The smallest absolute Gasteiger partial charge is 0.342 e. The van der Waals surface area contributed by atoms with Crippen LogP contribution in [-0.2, 0) is 4.79 Å². The van der Waals surface area contributed by atoms with E-state index < -0.39 is 18.1 Å². The molecule has 1 unspecified atom stereocenters. The monoisotopic (exact) mass is 167 g/mol. The van der Waals surface area contributed by atoms with Gasteiger partial charge in [0.05, 0.1) is 0 Å². The van der Waals surface area contributed by atoms with E-state index in [9.17, 15) is 18.0 Å². The van der Waals surface area contributed by atoms with Crippen LogP contribution in [0, 0.1) is 0 Å². The number of carbonyl (C=O) groups excluding carboxylic acids is 1. The summed E-state index contributed by atoms with van der Waals surface area (Å²) in [5.41, 5.74) is 0. The minimum Gasteiger partial charge on any atom is -0.342 e. The van der Waals surface area contributed by atoms with Gasteiger partial charge in [-0.3, -0.25) is 4.79 Å². The van der Waals surface area contributed by atoms with Crippen molar-refractivity contribution in [1.82, 2.24) is 5.32 Å². The predicted molar refractivity (Wildman–Crippen MR) is 33.9 cm³/mol. The van der Waals surface area contributed by atoms with Crippen LogP contribution in [0.4, 0.5) is 13.2 Å². The van der Waals surface area contributed by atoms with Gasteiger partial charge in [0.1, 0.15) is 0 Å². The molecule has 2 nitrogen and oxygen atoms in total. The molecule has 5 heteroatoms. The molecule has 1 amide bonds. The average Bonchev–Trinajstić information content (AvgIpc) is 1.85. The third-order valence-electron chi connectivity index (χ3n) is 0.970. The van der Waals surface area contributed by atoms with E-state index in [0.717, 1.165) is 0 Å². The fourth-order valence-electron chi connectivity index (χ4n) is 0.348. The number of halogens is 3. The van der Waals surface area contributed by atoms with Gasteiger partial charge >= 0.3 is 12.1 Å². The Labute approximate surface area is 62.1 Å². The molecule has 0 saturated carbocycles. The standard InChI is InChI=1S/C6H8F3NO/c1-3-4(2)10-5(11)6(7,8)9/h3-4H,1H2,2H3,(H,10,11). The fourth-order valence-corrected chi connectivity index (χ4v) is 0.348. The van der Waals surface area contributed by atoms with Crippen LogP contribution in [-0.4, -0.2) is 18.1 Å². The molecule has 0 aliphatic carbocycles. The Morgan fingerprint density at radius 3 is 2.36 bits per heavy atom. The number of hydrogen-bond donors (Lipinski definition) is 1. The van der Waals surface area contributed by atoms with Gasteiger partial charge in [0.25, 0.3) is 0 Å². The van der Waals surface area contributed by atoms with Crippen LogP contribution >= 0.6 is 0 Å². The van der Waals surface area contributed by atoms with Crippen LogP contribution in [0.2, 0.25) is 0 Å². The number of carbonyl (C=O) groups is 1. The fraction of sp³-hybridized carbons (Fsp3) is 0.500. The molecule has 11 heavy (non-hydrogen) atoms. The van der Waals surface area contributed by atoms with E-state index in [1.807, 2.05) is 0 Å². The van der Waals surface area contributed by atoms with E-state index in [1.54, 1.807) is 5.32 Å². The zero-order valence-corrected chi connectivity index (χ0v) is 5.90. The average molecular weight is 167 g/mol. The third-order valence-corrected chi connectivity index (χ3v) is 0.970. The Hall–Kier alpha value is -1.00. The van der Waals surface area contributed by atoms with Crippen molar-refractivity contribution in [3.05, 3.63) is 12.7 Å². The van der Waals surface area contributed by atoms with Gasteiger partial charge in [0.15, 0.2) is 0 Å². The lowest BCUT2D eigenvalue weighted by Gasteiger charge is -2.10. The first kappa shape index (κ1) is 10.0. The summed E-state index contributed by atoms with van der Waals surface area (Å²) in [6.45, 7) is 4.61. The molecule has 1 atom stereocenters. The highest BCUT2D eigenvalue weighted by atomic mass is 19.4. The molecule has 0 aromatic rings. The Bertz CT molecular complexity index is 164. The molecule has 0 saturated heterocycles. The highest BCUT2D eigenvalue weighted by Crippen LogP contribution is 2.14. The first-order valence-corrected chi connectivity index (χ1v) is 2.88. The van der Waals surface area contributed by atoms with Crippen molar-refractivity contribution in [3.8, 4) is 0 Å². The Morgan fingerprint density at radius 2 is 2.09 bits per heavy atom. The quantitative estimate of drug-likeness (QED) is 0.616. The second-order valence-electron chi connectivity index (χ2n) is 2.00. The van der Waals surface area contributed by atoms with Gasteiger partial charge in [-0.1, -0.05) is 6.08 Å². The highest BCUT2D eigenvalue weighted by Gasteiger charge is 2.38. The van der Waals surface area contributed by atoms with Crippen molar-refractivity contribution in [3.63, 3.8) is 0 Å². The molecule has 0 aliphatic rings. The summed E-state index contributed by atoms with van der Waals surface area (Å²) >= 11 is 0. The van der Waals surface area contributed by atoms with Gasteiger partial charge in [-0.05, 0) is 6.92 Å². The third kappa shape index (κ3) is 3.64. The van der Waals surface area contributed by atoms with Gasteiger partial charge in [-0.15, -0.1) is 6.58 Å². The first-order chi connectivity index (χ1) is 4.88. The number of rotatable bonds is 2. The molecule has 64 valence electrons. The molecular formula is C6H8F3NO. The van der Waals surface area contributed by atoms with Crippen molar-refractivity contribution in [2.24, 2.45) is 0 Å². The summed E-state index contributed by atoms with van der Waals surface area (Å²) in [5, 5.41) is 1.69. The van der Waals surface area contributed by atoms with Crippen LogP contribution in [0.15, 0.2) is 12.7 Å². The lowest BCUT2D eigenvalue weighted by Crippen LogP contribution is -2.40. The lowest BCUT2D eigenvalue weighted by atomic mass is 10.3. The summed E-state index contributed by atoms with van der Waals surface area (Å²) in [6, 6.07) is -0.663. The zero-order chi connectivity index (χ0) is 9.07. The minimum absolute atomic E-state index is 0.663. The summed E-state index contributed by atoms with van der Waals surface area (Å²) in [7, 11) is 0. The molecule has 0 aromatic carbocycles. The number of hydrogen-bond acceptors (Lipinski definition) is 1. The van der Waals surface area contributed by atoms with Gasteiger partial charge in [-0.25, -0.2) is 0 Å². The maximum Gasteiger partial charge on any atom is 0.471 e. The van der Waals surface area contributed by atoms with Gasteiger partial charge < -0.3 is 5.32 Å². The Balaban J connectivity index is 3.98. The molecule has 0 aromatic heterocycles. The van der Waals surface area contributed by atoms with E-state index >= 15 is 0 Å². The van der Waals surface area contributed by atoms with Gasteiger partial charge in [0, 0.05) is 6.04 Å². The molecule has 0 radical (unpaired) electrons. The number of alkyl halides is 3. The van der Waals surface area contributed by atoms with E-state index in [1.165, 1.54) is 13.0 Å². The topological polar surface area (TPSA) is 29.1 Å². The molecule has 0 bridgehead atoms. The van der Waals surface area contributed by atoms with Gasteiger partial charge in [0.2, 0.25) is 0 Å². The zero-order valence-electron chi connectivity index (χ0n) is 5.90. The van der Waals surface area contributed by atoms with Crippen LogP contribution in [0.1, 0.15) is 6.92 Å². The van der Waals surface area contributed by atoms with Crippen LogP contribution in [0.3, 0.4) is 0 Å². The number of nitrogens with one attached hydrogen (secondary N) is 1. The van der Waals surface area contributed by atoms with Crippen molar-refractivity contribution in [1.29, 1.82) is 0 Å². The van der Waals surface area contributed by atoms with E-state index in [-0.39, 0.29) is 0 Å². The lowest BCUT2D eigenvalue weighted by molar-refractivity contribution is -0.173. The maximum absolute atomic E-state index is 11.5. The highest BCUT2D eigenvalue weighted by molar-refractivity contribution is 5.82. The maximum atomic E-state index is 11.5. The second-order valence-corrected chi connectivity index (χ2v) is 2.00. The van der Waals surface area contributed by atoms with Crippen molar-refractivity contribution >= 4 is 5.91 Å². The largest absolute Gasteiger partial charge is 0.471 e. The summed E-state index contributed by atoms with van der Waals surface area (Å²) in [6.07, 6.45) is -3.60. The molecule has 0 rings (SSSR count). The number of amides is 1. The van der Waals surface area contributed by atoms with Gasteiger partial charge in [-0.2, -0.15) is 13.2 Å². The predicted octanol–water partition coefficient (Wildman–Crippen LogP) is 1.24. The Kier molecular flexibility index (Phi) is 3.10. The summed E-state index contributed by atoms with van der Waals surface area (Å²) in [5.74, 6) is -1.94. The normalized spacial score (nSPS) is 13.8. The minimum atomic E-state index is -4.81. The molecule has 0 spiro atoms. The molecule has 0 fully saturated rings. The van der Waals surface area contributed by atoms with Crippen LogP contribution < -0.4 is 5.32 Å². The summed E-state index contributed by atoms with van der Waals surface area (Å²) < 4.78 is 34.5. The summed E-state index contributed by atoms with van der Waals surface area (Å²) in [4.78, 5) is 10.2. The van der Waals surface area contributed by atoms with E-state index in [4.69, 9.17) is 0 Å². The van der Waals surface area contributed by atoms with Crippen molar-refractivity contribution in [2.45, 2.75) is 19.1 Å². The van der Waals surface area contributed by atoms with E-state index in [2.05, 4.69) is 6.58 Å². The molecule has 0 heterocycles. The molecule has 1 N–H and O–H groups in total. The van der Waals surface area contributed by atoms with Crippen molar-refractivity contribution < 1.29 is 18.0 Å². The van der Waals surface area contributed by atoms with Crippen molar-refractivity contribution in [2.75, 3.05) is 0 Å². The molecular weight excluding hydrogens is 159 g/mol. The molecule has 0 aliphatic heterocycles. The Morgan fingerprint density at radius 1 is 1.64 bits per heavy atom. The van der Waals surface area contributed by atoms with E-state index in [0.29, 0.717) is 0 Å². The second kappa shape index (κ2) is 3.41. The first-order valence-electron chi connectivity index (χ1n) is 2.88.